The van der Waals surface area contributed by atoms with E-state index in [2.05, 4.69) is 30.0 Å². The molecule has 2 nitrogen and oxygen atoms in total. The summed E-state index contributed by atoms with van der Waals surface area (Å²) in [5.74, 6) is 1.06. The second-order valence-corrected chi connectivity index (χ2v) is 7.69. The molecule has 4 rings (SSSR count). The summed E-state index contributed by atoms with van der Waals surface area (Å²) < 4.78 is 6.02. The molecule has 1 aliphatic rings. The molecule has 130 valence electrons. The largest absolute Gasteiger partial charge is 0.461 e. The van der Waals surface area contributed by atoms with Gasteiger partial charge in [-0.3, -0.25) is 0 Å². The number of likely N-dealkylation sites (tertiary alicyclic amines) is 1. The molecule has 1 saturated heterocycles. The molecule has 3 aromatic rings. The number of hydrogen-bond acceptors (Lipinski definition) is 2. The molecule has 0 spiro atoms. The van der Waals surface area contributed by atoms with Gasteiger partial charge in [0, 0.05) is 24.4 Å². The van der Waals surface area contributed by atoms with Crippen LogP contribution in [-0.4, -0.2) is 24.0 Å². The number of nitrogens with zero attached hydrogens (tertiary/aromatic N) is 1. The van der Waals surface area contributed by atoms with Gasteiger partial charge in [0.2, 0.25) is 0 Å². The van der Waals surface area contributed by atoms with Gasteiger partial charge in [-0.25, -0.2) is 0 Å². The van der Waals surface area contributed by atoms with Crippen LogP contribution in [0.25, 0.3) is 22.1 Å². The van der Waals surface area contributed by atoms with Gasteiger partial charge in [-0.15, -0.1) is 0 Å². The number of hydrogen-bond donors (Lipinski definition) is 0. The van der Waals surface area contributed by atoms with Gasteiger partial charge in [-0.1, -0.05) is 35.3 Å². The van der Waals surface area contributed by atoms with Gasteiger partial charge in [-0.05, 0) is 67.8 Å². The maximum Gasteiger partial charge on any atom is 0.134 e. The van der Waals surface area contributed by atoms with Gasteiger partial charge in [0.1, 0.15) is 11.3 Å². The van der Waals surface area contributed by atoms with Crippen molar-refractivity contribution < 1.29 is 4.42 Å². The summed E-state index contributed by atoms with van der Waals surface area (Å²) in [6, 6.07) is 14.9. The molecule has 2 aromatic carbocycles. The lowest BCUT2D eigenvalue weighted by atomic mass is 10.0. The molecular formula is C21H21Cl2NO. The Balaban J connectivity index is 1.55. The van der Waals surface area contributed by atoms with Crippen LogP contribution in [0.5, 0.6) is 0 Å². The molecule has 0 N–H and O–H groups in total. The second-order valence-electron chi connectivity index (χ2n) is 6.87. The van der Waals surface area contributed by atoms with E-state index in [-0.39, 0.29) is 0 Å². The van der Waals surface area contributed by atoms with E-state index in [9.17, 15) is 0 Å². The molecule has 0 aliphatic carbocycles. The summed E-state index contributed by atoms with van der Waals surface area (Å²) in [5.41, 5.74) is 3.12. The second kappa shape index (κ2) is 7.03. The lowest BCUT2D eigenvalue weighted by Gasteiger charge is -2.19. The first-order valence-electron chi connectivity index (χ1n) is 8.82. The van der Waals surface area contributed by atoms with Crippen molar-refractivity contribution >= 4 is 34.2 Å². The molecular weight excluding hydrogens is 353 g/mol. The number of rotatable bonds is 4. The van der Waals surface area contributed by atoms with E-state index in [0.29, 0.717) is 16.1 Å². The summed E-state index contributed by atoms with van der Waals surface area (Å²) in [6.07, 6.45) is 3.59. The standard InChI is InChI=1S/C21H21Cl2NO/c1-14-3-2-9-24(14)10-8-18-12-17-11-15(5-7-21(17)25-18)16-4-6-19(22)20(23)13-16/h4-7,11-14H,2-3,8-10H2,1H3. The Hall–Kier alpha value is -1.48. The van der Waals surface area contributed by atoms with E-state index in [1.165, 1.54) is 19.4 Å². The minimum atomic E-state index is 0.576. The summed E-state index contributed by atoms with van der Waals surface area (Å²) >= 11 is 12.2. The third kappa shape index (κ3) is 3.57. The molecule has 0 bridgehead atoms. The molecule has 4 heteroatoms. The van der Waals surface area contributed by atoms with Crippen LogP contribution in [-0.2, 0) is 6.42 Å². The maximum atomic E-state index is 6.15. The highest BCUT2D eigenvalue weighted by Crippen LogP contribution is 2.31. The normalized spacial score (nSPS) is 18.3. The SMILES string of the molecule is CC1CCCN1CCc1cc2cc(-c3ccc(Cl)c(Cl)c3)ccc2o1. The average Bonchev–Trinajstić information content (AvgIpc) is 3.20. The van der Waals surface area contributed by atoms with Crippen LogP contribution >= 0.6 is 23.2 Å². The first kappa shape index (κ1) is 17.0. The van der Waals surface area contributed by atoms with Crippen LogP contribution in [0.2, 0.25) is 10.0 Å². The average molecular weight is 374 g/mol. The summed E-state index contributed by atoms with van der Waals surface area (Å²) in [7, 11) is 0. The summed E-state index contributed by atoms with van der Waals surface area (Å²) in [4.78, 5) is 2.55. The number of halogens is 2. The summed E-state index contributed by atoms with van der Waals surface area (Å²) in [6.45, 7) is 4.60. The Bertz CT molecular complexity index is 902. The zero-order valence-electron chi connectivity index (χ0n) is 14.3. The molecule has 0 radical (unpaired) electrons. The van der Waals surface area contributed by atoms with Gasteiger partial charge in [0.25, 0.3) is 0 Å². The lowest BCUT2D eigenvalue weighted by Crippen LogP contribution is -2.28. The first-order valence-corrected chi connectivity index (χ1v) is 9.58. The van der Waals surface area contributed by atoms with Crippen molar-refractivity contribution in [3.63, 3.8) is 0 Å². The zero-order valence-corrected chi connectivity index (χ0v) is 15.8. The van der Waals surface area contributed by atoms with Crippen molar-refractivity contribution in [2.24, 2.45) is 0 Å². The van der Waals surface area contributed by atoms with Crippen molar-refractivity contribution in [2.75, 3.05) is 13.1 Å². The van der Waals surface area contributed by atoms with Gasteiger partial charge < -0.3 is 9.32 Å². The predicted octanol–water partition coefficient (Wildman–Crippen LogP) is 6.43. The van der Waals surface area contributed by atoms with E-state index < -0.39 is 0 Å². The fourth-order valence-electron chi connectivity index (χ4n) is 3.66. The molecule has 1 fully saturated rings. The topological polar surface area (TPSA) is 16.4 Å². The highest BCUT2D eigenvalue weighted by Gasteiger charge is 2.20. The highest BCUT2D eigenvalue weighted by atomic mass is 35.5. The Morgan fingerprint density at radius 2 is 1.84 bits per heavy atom. The lowest BCUT2D eigenvalue weighted by molar-refractivity contribution is 0.266. The van der Waals surface area contributed by atoms with Crippen molar-refractivity contribution in [3.05, 3.63) is 58.3 Å². The van der Waals surface area contributed by atoms with Crippen LogP contribution in [0.15, 0.2) is 46.9 Å². The predicted molar refractivity (Wildman–Crippen MR) is 106 cm³/mol. The maximum absolute atomic E-state index is 6.15. The monoisotopic (exact) mass is 373 g/mol. The van der Waals surface area contributed by atoms with Crippen molar-refractivity contribution in [1.82, 2.24) is 4.90 Å². The quantitative estimate of drug-likeness (QED) is 0.523. The van der Waals surface area contributed by atoms with Crippen molar-refractivity contribution in [3.8, 4) is 11.1 Å². The summed E-state index contributed by atoms with van der Waals surface area (Å²) in [5, 5.41) is 2.29. The Labute approximate surface area is 158 Å². The Morgan fingerprint density at radius 1 is 1.04 bits per heavy atom. The number of furan rings is 1. The van der Waals surface area contributed by atoms with Crippen molar-refractivity contribution in [1.29, 1.82) is 0 Å². The van der Waals surface area contributed by atoms with Crippen LogP contribution < -0.4 is 0 Å². The van der Waals surface area contributed by atoms with Gasteiger partial charge in [-0.2, -0.15) is 0 Å². The van der Waals surface area contributed by atoms with E-state index in [1.54, 1.807) is 0 Å². The number of fused-ring (bicyclic) bond motifs is 1. The Kier molecular flexibility index (Phi) is 4.77. The molecule has 1 unspecified atom stereocenters. The molecule has 25 heavy (non-hydrogen) atoms. The smallest absolute Gasteiger partial charge is 0.134 e. The molecule has 1 atom stereocenters. The van der Waals surface area contributed by atoms with Gasteiger partial charge >= 0.3 is 0 Å². The fourth-order valence-corrected chi connectivity index (χ4v) is 3.95. The third-order valence-corrected chi connectivity index (χ3v) is 5.90. The minimum Gasteiger partial charge on any atom is -0.461 e. The molecule has 1 aliphatic heterocycles. The molecule has 2 heterocycles. The van der Waals surface area contributed by atoms with E-state index in [1.807, 2.05) is 24.3 Å². The Morgan fingerprint density at radius 3 is 2.60 bits per heavy atom. The van der Waals surface area contributed by atoms with Crippen LogP contribution in [0.1, 0.15) is 25.5 Å². The van der Waals surface area contributed by atoms with E-state index >= 15 is 0 Å². The van der Waals surface area contributed by atoms with E-state index in [0.717, 1.165) is 40.8 Å². The van der Waals surface area contributed by atoms with Crippen molar-refractivity contribution in [2.45, 2.75) is 32.2 Å². The van der Waals surface area contributed by atoms with E-state index in [4.69, 9.17) is 27.6 Å². The molecule has 0 saturated carbocycles. The van der Waals surface area contributed by atoms with Crippen LogP contribution in [0, 0.1) is 0 Å². The van der Waals surface area contributed by atoms with Gasteiger partial charge in [0.15, 0.2) is 0 Å². The fraction of sp³-hybridized carbons (Fsp3) is 0.333. The van der Waals surface area contributed by atoms with Gasteiger partial charge in [0.05, 0.1) is 10.0 Å². The van der Waals surface area contributed by atoms with Crippen LogP contribution in [0.3, 0.4) is 0 Å². The molecule has 0 amide bonds. The zero-order chi connectivity index (χ0) is 17.4. The first-order chi connectivity index (χ1) is 12.1. The minimum absolute atomic E-state index is 0.576. The highest BCUT2D eigenvalue weighted by molar-refractivity contribution is 6.42. The number of benzene rings is 2. The molecule has 1 aromatic heterocycles. The third-order valence-electron chi connectivity index (χ3n) is 5.16. The van der Waals surface area contributed by atoms with Crippen LogP contribution in [0.4, 0.5) is 0 Å².